The van der Waals surface area contributed by atoms with E-state index in [0.29, 0.717) is 6.54 Å². The van der Waals surface area contributed by atoms with Gasteiger partial charge in [0.25, 0.3) is 0 Å². The first-order valence-electron chi connectivity index (χ1n) is 4.95. The van der Waals surface area contributed by atoms with Crippen LogP contribution in [-0.4, -0.2) is 17.6 Å². The molecule has 0 aliphatic heterocycles. The van der Waals surface area contributed by atoms with Crippen LogP contribution in [0.4, 0.5) is 4.39 Å². The molecule has 0 amide bonds. The van der Waals surface area contributed by atoms with Crippen LogP contribution in [0, 0.1) is 5.82 Å². The van der Waals surface area contributed by atoms with Crippen LogP contribution in [0.15, 0.2) is 30.8 Å². The molecule has 0 radical (unpaired) electrons. The van der Waals surface area contributed by atoms with Crippen molar-refractivity contribution < 1.29 is 4.39 Å². The van der Waals surface area contributed by atoms with Crippen LogP contribution in [0.1, 0.15) is 19.4 Å². The predicted molar refractivity (Wildman–Crippen MR) is 68.7 cm³/mol. The van der Waals surface area contributed by atoms with Crippen molar-refractivity contribution in [3.8, 4) is 0 Å². The molecule has 0 saturated heterocycles. The van der Waals surface area contributed by atoms with Crippen molar-refractivity contribution in [2.75, 3.05) is 6.54 Å². The summed E-state index contributed by atoms with van der Waals surface area (Å²) >= 11 is 0. The Hall–Kier alpha value is -0.900. The van der Waals surface area contributed by atoms with Gasteiger partial charge in [-0.15, -0.1) is 12.4 Å². The largest absolute Gasteiger partial charge is 0.268 e. The van der Waals surface area contributed by atoms with E-state index in [0.717, 1.165) is 11.1 Å². The third kappa shape index (κ3) is 4.31. The summed E-state index contributed by atoms with van der Waals surface area (Å²) in [7, 11) is 0. The molecule has 0 aromatic heterocycles. The quantitative estimate of drug-likeness (QED) is 0.652. The molecule has 1 aromatic rings. The Labute approximate surface area is 102 Å². The molecular formula is C12H18ClFN2. The van der Waals surface area contributed by atoms with Gasteiger partial charge in [-0.05, 0) is 37.1 Å². The standard InChI is InChI=1S/C12H17FN2.ClH/c1-9(2)15(14)8-10(3)11-4-6-12(13)7-5-11;/h4-7,9H,3,8,14H2,1-2H3;1H. The monoisotopic (exact) mass is 244 g/mol. The van der Waals surface area contributed by atoms with Gasteiger partial charge in [0.05, 0.1) is 0 Å². The molecule has 0 heterocycles. The van der Waals surface area contributed by atoms with Crippen molar-refractivity contribution >= 4 is 18.0 Å². The zero-order valence-electron chi connectivity index (χ0n) is 9.61. The first-order chi connectivity index (χ1) is 7.00. The third-order valence-electron chi connectivity index (χ3n) is 2.29. The fourth-order valence-electron chi connectivity index (χ4n) is 1.18. The molecule has 0 saturated carbocycles. The molecule has 2 nitrogen and oxygen atoms in total. The minimum absolute atomic E-state index is 0. The van der Waals surface area contributed by atoms with Crippen LogP contribution >= 0.6 is 12.4 Å². The molecule has 0 bridgehead atoms. The number of benzene rings is 1. The Morgan fingerprint density at radius 3 is 2.31 bits per heavy atom. The maximum Gasteiger partial charge on any atom is 0.123 e. The van der Waals surface area contributed by atoms with E-state index in [1.807, 2.05) is 13.8 Å². The van der Waals surface area contributed by atoms with Crippen LogP contribution in [0.5, 0.6) is 0 Å². The molecule has 0 spiro atoms. The Balaban J connectivity index is 0.00000225. The first kappa shape index (κ1) is 15.1. The van der Waals surface area contributed by atoms with E-state index >= 15 is 0 Å². The molecule has 16 heavy (non-hydrogen) atoms. The fraction of sp³-hybridized carbons (Fsp3) is 0.333. The molecule has 0 aliphatic carbocycles. The highest BCUT2D eigenvalue weighted by Crippen LogP contribution is 2.14. The van der Waals surface area contributed by atoms with Gasteiger partial charge in [0.2, 0.25) is 0 Å². The van der Waals surface area contributed by atoms with E-state index < -0.39 is 0 Å². The van der Waals surface area contributed by atoms with Crippen LogP contribution < -0.4 is 5.84 Å². The minimum atomic E-state index is -0.236. The van der Waals surface area contributed by atoms with Gasteiger partial charge >= 0.3 is 0 Å². The Morgan fingerprint density at radius 2 is 1.88 bits per heavy atom. The number of halogens is 2. The number of hydrazine groups is 1. The maximum absolute atomic E-state index is 12.7. The lowest BCUT2D eigenvalue weighted by atomic mass is 10.1. The van der Waals surface area contributed by atoms with E-state index in [-0.39, 0.29) is 24.3 Å². The van der Waals surface area contributed by atoms with Gasteiger partial charge in [-0.25, -0.2) is 9.40 Å². The number of rotatable bonds is 4. The summed E-state index contributed by atoms with van der Waals surface area (Å²) in [5, 5.41) is 1.70. The summed E-state index contributed by atoms with van der Waals surface area (Å²) in [6, 6.07) is 6.55. The molecule has 0 unspecified atom stereocenters. The molecule has 90 valence electrons. The van der Waals surface area contributed by atoms with E-state index in [4.69, 9.17) is 5.84 Å². The Bertz CT molecular complexity index is 335. The van der Waals surface area contributed by atoms with Gasteiger partial charge < -0.3 is 0 Å². The van der Waals surface area contributed by atoms with Crippen LogP contribution in [0.25, 0.3) is 5.57 Å². The van der Waals surface area contributed by atoms with Gasteiger partial charge in [-0.3, -0.25) is 5.84 Å². The van der Waals surface area contributed by atoms with Gasteiger partial charge in [0.1, 0.15) is 5.82 Å². The summed E-state index contributed by atoms with van der Waals surface area (Å²) in [6.07, 6.45) is 0. The van der Waals surface area contributed by atoms with Crippen molar-refractivity contribution in [1.82, 2.24) is 5.01 Å². The smallest absolute Gasteiger partial charge is 0.123 e. The molecule has 4 heteroatoms. The summed E-state index contributed by atoms with van der Waals surface area (Å²) in [4.78, 5) is 0. The normalized spacial score (nSPS) is 10.4. The van der Waals surface area contributed by atoms with E-state index in [1.165, 1.54) is 12.1 Å². The SMILES string of the molecule is C=C(CN(N)C(C)C)c1ccc(F)cc1.Cl. The fourth-order valence-corrected chi connectivity index (χ4v) is 1.18. The summed E-state index contributed by atoms with van der Waals surface area (Å²) in [5.41, 5.74) is 1.82. The number of hydrogen-bond acceptors (Lipinski definition) is 2. The van der Waals surface area contributed by atoms with Crippen LogP contribution in [0.2, 0.25) is 0 Å². The lowest BCUT2D eigenvalue weighted by Crippen LogP contribution is -2.38. The van der Waals surface area contributed by atoms with Crippen LogP contribution in [-0.2, 0) is 0 Å². The zero-order valence-corrected chi connectivity index (χ0v) is 10.4. The topological polar surface area (TPSA) is 29.3 Å². The molecular weight excluding hydrogens is 227 g/mol. The average Bonchev–Trinajstić information content (AvgIpc) is 2.18. The summed E-state index contributed by atoms with van der Waals surface area (Å²) < 4.78 is 12.7. The Kier molecular flexibility index (Phi) is 6.26. The first-order valence-corrected chi connectivity index (χ1v) is 4.95. The molecule has 0 aliphatic rings. The molecule has 0 atom stereocenters. The maximum atomic E-state index is 12.7. The molecule has 2 N–H and O–H groups in total. The van der Waals surface area contributed by atoms with E-state index in [2.05, 4.69) is 6.58 Å². The second-order valence-electron chi connectivity index (χ2n) is 3.88. The van der Waals surface area contributed by atoms with Gasteiger partial charge in [0.15, 0.2) is 0 Å². The van der Waals surface area contributed by atoms with Crippen molar-refractivity contribution in [1.29, 1.82) is 0 Å². The molecule has 1 aromatic carbocycles. The van der Waals surface area contributed by atoms with Gasteiger partial charge in [-0.2, -0.15) is 0 Å². The highest BCUT2D eigenvalue weighted by atomic mass is 35.5. The Morgan fingerprint density at radius 1 is 1.38 bits per heavy atom. The minimum Gasteiger partial charge on any atom is -0.268 e. The van der Waals surface area contributed by atoms with E-state index in [1.54, 1.807) is 17.1 Å². The second-order valence-corrected chi connectivity index (χ2v) is 3.88. The highest BCUT2D eigenvalue weighted by molar-refractivity contribution is 5.85. The lowest BCUT2D eigenvalue weighted by Gasteiger charge is -2.21. The summed E-state index contributed by atoms with van der Waals surface area (Å²) in [5.74, 6) is 5.55. The highest BCUT2D eigenvalue weighted by Gasteiger charge is 2.07. The molecule has 1 rings (SSSR count). The van der Waals surface area contributed by atoms with E-state index in [9.17, 15) is 4.39 Å². The van der Waals surface area contributed by atoms with Crippen molar-refractivity contribution in [3.05, 3.63) is 42.2 Å². The van der Waals surface area contributed by atoms with Gasteiger partial charge in [-0.1, -0.05) is 18.7 Å². The lowest BCUT2D eigenvalue weighted by molar-refractivity contribution is 0.258. The number of hydrogen-bond donors (Lipinski definition) is 1. The van der Waals surface area contributed by atoms with Gasteiger partial charge in [0, 0.05) is 12.6 Å². The number of nitrogens with two attached hydrogens (primary N) is 1. The number of nitrogens with zero attached hydrogens (tertiary/aromatic N) is 1. The van der Waals surface area contributed by atoms with Crippen molar-refractivity contribution in [3.63, 3.8) is 0 Å². The van der Waals surface area contributed by atoms with Crippen LogP contribution in [0.3, 0.4) is 0 Å². The zero-order chi connectivity index (χ0) is 11.4. The third-order valence-corrected chi connectivity index (χ3v) is 2.29. The van der Waals surface area contributed by atoms with Crippen molar-refractivity contribution in [2.45, 2.75) is 19.9 Å². The second kappa shape index (κ2) is 6.63. The predicted octanol–water partition coefficient (Wildman–Crippen LogP) is 2.84. The molecule has 0 fully saturated rings. The summed E-state index contributed by atoms with van der Waals surface area (Å²) in [6.45, 7) is 8.54. The van der Waals surface area contributed by atoms with Crippen molar-refractivity contribution in [2.24, 2.45) is 5.84 Å². The average molecular weight is 245 g/mol.